The van der Waals surface area contributed by atoms with Crippen molar-refractivity contribution in [1.82, 2.24) is 0 Å². The van der Waals surface area contributed by atoms with Crippen LogP contribution in [-0.2, 0) is 14.3 Å². The number of ether oxygens (including phenoxy) is 2. The molecule has 0 N–H and O–H groups in total. The van der Waals surface area contributed by atoms with Crippen molar-refractivity contribution in [3.63, 3.8) is 0 Å². The minimum atomic E-state index is -0.0957. The molecule has 3 nitrogen and oxygen atoms in total. The number of allylic oxidation sites excluding steroid dienone is 2. The van der Waals surface area contributed by atoms with Gasteiger partial charge in [-0.15, -0.1) is 0 Å². The first-order chi connectivity index (χ1) is 18.7. The minimum absolute atomic E-state index is 0.0225. The summed E-state index contributed by atoms with van der Waals surface area (Å²) in [4.78, 5) is 11.6. The molecule has 2 aliphatic heterocycles. The molecule has 1 fully saturated rings. The number of epoxide rings is 1. The molecule has 3 unspecified atom stereocenters. The third kappa shape index (κ3) is 17.5. The van der Waals surface area contributed by atoms with Crippen molar-refractivity contribution in [2.45, 2.75) is 193 Å². The molecule has 0 aromatic heterocycles. The first kappa shape index (κ1) is 33.1. The van der Waals surface area contributed by atoms with Gasteiger partial charge < -0.3 is 9.47 Å². The van der Waals surface area contributed by atoms with E-state index in [1.807, 2.05) is 13.0 Å². The van der Waals surface area contributed by atoms with Crippen molar-refractivity contribution < 1.29 is 14.3 Å². The van der Waals surface area contributed by atoms with Gasteiger partial charge in [-0.2, -0.15) is 0 Å². The Bertz CT molecular complexity index is 637. The summed E-state index contributed by atoms with van der Waals surface area (Å²) in [7, 11) is 0. The second-order valence-corrected chi connectivity index (χ2v) is 12.1. The standard InChI is InChI=1S/C35H62O3/c1-3-4-5-6-7-8-9-13-16-19-22-25-28-33-34(38-33)29-26-23-20-17-14-11-10-12-15-18-21-24-27-32-30-31(2)37-35(32)36/h20,23,30-31,33-34H,3-19,21-22,24-29H2,1-2H3/b23-20-. The van der Waals surface area contributed by atoms with Gasteiger partial charge in [0.05, 0.1) is 12.2 Å². The maximum absolute atomic E-state index is 11.6. The molecule has 0 radical (unpaired) electrons. The first-order valence-corrected chi connectivity index (χ1v) is 16.9. The molecule has 0 saturated carbocycles. The van der Waals surface area contributed by atoms with Gasteiger partial charge in [0.15, 0.2) is 0 Å². The zero-order chi connectivity index (χ0) is 27.1. The fourth-order valence-electron chi connectivity index (χ4n) is 5.82. The highest BCUT2D eigenvalue weighted by molar-refractivity contribution is 5.90. The highest BCUT2D eigenvalue weighted by atomic mass is 16.6. The van der Waals surface area contributed by atoms with E-state index in [-0.39, 0.29) is 12.1 Å². The molecular weight excluding hydrogens is 468 g/mol. The number of unbranched alkanes of at least 4 members (excludes halogenated alkanes) is 19. The van der Waals surface area contributed by atoms with E-state index in [1.54, 1.807) is 0 Å². The second-order valence-electron chi connectivity index (χ2n) is 12.1. The van der Waals surface area contributed by atoms with Gasteiger partial charge in [0.1, 0.15) is 6.10 Å². The van der Waals surface area contributed by atoms with Crippen LogP contribution in [0, 0.1) is 0 Å². The molecule has 3 heteroatoms. The Balaban J connectivity index is 1.23. The van der Waals surface area contributed by atoms with Gasteiger partial charge in [0, 0.05) is 5.57 Å². The topological polar surface area (TPSA) is 38.8 Å². The molecule has 0 bridgehead atoms. The van der Waals surface area contributed by atoms with Crippen molar-refractivity contribution >= 4 is 5.97 Å². The zero-order valence-corrected chi connectivity index (χ0v) is 25.4. The van der Waals surface area contributed by atoms with Crippen LogP contribution in [0.15, 0.2) is 23.8 Å². The Morgan fingerprint density at radius 2 is 1.13 bits per heavy atom. The summed E-state index contributed by atoms with van der Waals surface area (Å²) in [5.41, 5.74) is 0.893. The van der Waals surface area contributed by atoms with E-state index in [9.17, 15) is 4.79 Å². The zero-order valence-electron chi connectivity index (χ0n) is 25.4. The Labute approximate surface area is 236 Å². The summed E-state index contributed by atoms with van der Waals surface area (Å²) in [6.07, 6.45) is 41.2. The van der Waals surface area contributed by atoms with Crippen molar-refractivity contribution in [1.29, 1.82) is 0 Å². The predicted octanol–water partition coefficient (Wildman–Crippen LogP) is 11.0. The Hall–Kier alpha value is -1.09. The monoisotopic (exact) mass is 530 g/mol. The average molecular weight is 531 g/mol. The van der Waals surface area contributed by atoms with Gasteiger partial charge in [0.2, 0.25) is 0 Å². The third-order valence-electron chi connectivity index (χ3n) is 8.37. The van der Waals surface area contributed by atoms with Gasteiger partial charge in [-0.1, -0.05) is 135 Å². The smallest absolute Gasteiger partial charge is 0.334 e. The quantitative estimate of drug-likeness (QED) is 0.0459. The van der Waals surface area contributed by atoms with Crippen LogP contribution < -0.4 is 0 Å². The highest BCUT2D eigenvalue weighted by Gasteiger charge is 2.36. The van der Waals surface area contributed by atoms with Crippen LogP contribution >= 0.6 is 0 Å². The van der Waals surface area contributed by atoms with Crippen LogP contribution in [0.1, 0.15) is 174 Å². The van der Waals surface area contributed by atoms with Crippen LogP contribution in [0.4, 0.5) is 0 Å². The number of cyclic esters (lactones) is 1. The first-order valence-electron chi connectivity index (χ1n) is 16.9. The lowest BCUT2D eigenvalue weighted by molar-refractivity contribution is -0.139. The number of esters is 1. The number of hydrogen-bond acceptors (Lipinski definition) is 3. The van der Waals surface area contributed by atoms with Gasteiger partial charge in [-0.05, 0) is 57.9 Å². The molecule has 0 amide bonds. The van der Waals surface area contributed by atoms with Crippen molar-refractivity contribution in [2.75, 3.05) is 0 Å². The van der Waals surface area contributed by atoms with E-state index in [0.717, 1.165) is 18.4 Å². The highest BCUT2D eigenvalue weighted by Crippen LogP contribution is 2.31. The summed E-state index contributed by atoms with van der Waals surface area (Å²) >= 11 is 0. The van der Waals surface area contributed by atoms with E-state index in [2.05, 4.69) is 19.1 Å². The maximum atomic E-state index is 11.6. The van der Waals surface area contributed by atoms with Gasteiger partial charge in [0.25, 0.3) is 0 Å². The van der Waals surface area contributed by atoms with Crippen LogP contribution in [0.2, 0.25) is 0 Å². The molecule has 220 valence electrons. The third-order valence-corrected chi connectivity index (χ3v) is 8.37. The van der Waals surface area contributed by atoms with Crippen LogP contribution in [0.5, 0.6) is 0 Å². The molecule has 0 aromatic carbocycles. The molecule has 2 heterocycles. The normalized spacial score (nSPS) is 20.8. The second kappa shape index (κ2) is 22.7. The molecule has 1 saturated heterocycles. The van der Waals surface area contributed by atoms with Crippen LogP contribution in [0.25, 0.3) is 0 Å². The van der Waals surface area contributed by atoms with Crippen molar-refractivity contribution in [3.8, 4) is 0 Å². The predicted molar refractivity (Wildman–Crippen MR) is 163 cm³/mol. The van der Waals surface area contributed by atoms with Gasteiger partial charge in [-0.25, -0.2) is 4.79 Å². The SMILES string of the molecule is CCCCCCCCCCCCCCC1OC1CC/C=C\CCCCCCCCCCC1=CC(C)OC1=O. The van der Waals surface area contributed by atoms with E-state index in [0.29, 0.717) is 12.2 Å². The lowest BCUT2D eigenvalue weighted by Crippen LogP contribution is -2.03. The number of carbonyl (C=O) groups is 1. The van der Waals surface area contributed by atoms with Gasteiger partial charge >= 0.3 is 5.97 Å². The Morgan fingerprint density at radius 3 is 1.71 bits per heavy atom. The van der Waals surface area contributed by atoms with Crippen LogP contribution in [0.3, 0.4) is 0 Å². The van der Waals surface area contributed by atoms with Gasteiger partial charge in [-0.3, -0.25) is 0 Å². The van der Waals surface area contributed by atoms with E-state index in [4.69, 9.17) is 9.47 Å². The summed E-state index contributed by atoms with van der Waals surface area (Å²) in [5.74, 6) is -0.0957. The summed E-state index contributed by atoms with van der Waals surface area (Å²) in [6.45, 7) is 4.22. The Kier molecular flexibility index (Phi) is 19.8. The lowest BCUT2D eigenvalue weighted by atomic mass is 10.0. The molecule has 0 spiro atoms. The molecular formula is C35H62O3. The molecule has 3 atom stereocenters. The molecule has 38 heavy (non-hydrogen) atoms. The van der Waals surface area contributed by atoms with Crippen LogP contribution in [-0.4, -0.2) is 24.3 Å². The fourth-order valence-corrected chi connectivity index (χ4v) is 5.82. The van der Waals surface area contributed by atoms with Crippen molar-refractivity contribution in [3.05, 3.63) is 23.8 Å². The molecule has 0 aromatic rings. The van der Waals surface area contributed by atoms with Crippen molar-refractivity contribution in [2.24, 2.45) is 0 Å². The summed E-state index contributed by atoms with van der Waals surface area (Å²) in [6, 6.07) is 0. The largest absolute Gasteiger partial charge is 0.455 e. The van der Waals surface area contributed by atoms with E-state index < -0.39 is 0 Å². The summed E-state index contributed by atoms with van der Waals surface area (Å²) in [5, 5.41) is 0. The molecule has 2 aliphatic rings. The fraction of sp³-hybridized carbons (Fsp3) is 0.857. The summed E-state index contributed by atoms with van der Waals surface area (Å²) < 4.78 is 11.1. The average Bonchev–Trinajstić information content (AvgIpc) is 3.58. The number of carbonyl (C=O) groups excluding carboxylic acids is 1. The molecule has 2 rings (SSSR count). The number of rotatable bonds is 27. The van der Waals surface area contributed by atoms with E-state index >= 15 is 0 Å². The molecule has 0 aliphatic carbocycles. The van der Waals surface area contributed by atoms with E-state index in [1.165, 1.54) is 148 Å². The number of hydrogen-bond donors (Lipinski definition) is 0. The maximum Gasteiger partial charge on any atom is 0.334 e. The minimum Gasteiger partial charge on any atom is -0.455 e. The Morgan fingerprint density at radius 1 is 0.632 bits per heavy atom. The lowest BCUT2D eigenvalue weighted by Gasteiger charge is -2.02.